The zero-order valence-electron chi connectivity index (χ0n) is 15.8. The summed E-state index contributed by atoms with van der Waals surface area (Å²) < 4.78 is 0. The van der Waals surface area contributed by atoms with Gasteiger partial charge in [-0.1, -0.05) is 38.7 Å². The molecule has 1 N–H and O–H groups in total. The number of carbonyl (C=O) groups is 1. The number of ketones is 1. The van der Waals surface area contributed by atoms with E-state index in [0.29, 0.717) is 23.7 Å². The van der Waals surface area contributed by atoms with Crippen molar-refractivity contribution >= 4 is 5.78 Å². The molecule has 0 aromatic heterocycles. The summed E-state index contributed by atoms with van der Waals surface area (Å²) in [5.41, 5.74) is 3.56. The molecular weight excluding hydrogens is 296 g/mol. The van der Waals surface area contributed by atoms with Gasteiger partial charge in [0.25, 0.3) is 0 Å². The summed E-state index contributed by atoms with van der Waals surface area (Å²) in [7, 11) is 0. The Morgan fingerprint density at radius 2 is 1.88 bits per heavy atom. The topological polar surface area (TPSA) is 37.3 Å². The zero-order chi connectivity index (χ0) is 17.2. The number of aliphatic hydroxyl groups excluding tert-OH is 1. The van der Waals surface area contributed by atoms with Crippen LogP contribution in [0.2, 0.25) is 0 Å². The van der Waals surface area contributed by atoms with Crippen molar-refractivity contribution in [3.05, 3.63) is 11.1 Å². The number of Topliss-reactive ketones (excluding diaryl/α,β-unsaturated/α-hetero) is 1. The summed E-state index contributed by atoms with van der Waals surface area (Å²) in [4.78, 5) is 12.8. The Morgan fingerprint density at radius 3 is 2.54 bits per heavy atom. The summed E-state index contributed by atoms with van der Waals surface area (Å²) in [6.45, 7) is 7.35. The van der Waals surface area contributed by atoms with Gasteiger partial charge in [-0.05, 0) is 73.7 Å². The van der Waals surface area contributed by atoms with Crippen LogP contribution in [-0.4, -0.2) is 17.5 Å². The molecule has 0 radical (unpaired) electrons. The molecule has 0 amide bonds. The molecule has 3 atom stereocenters. The molecule has 0 unspecified atom stereocenters. The minimum Gasteiger partial charge on any atom is -0.396 e. The number of unbranched alkanes of at least 4 members (excludes halogenated alkanes) is 1. The monoisotopic (exact) mass is 330 g/mol. The van der Waals surface area contributed by atoms with Crippen molar-refractivity contribution in [2.75, 3.05) is 6.61 Å². The molecule has 3 saturated carbocycles. The molecule has 3 fully saturated rings. The maximum absolute atomic E-state index is 12.8. The molecule has 2 bridgehead atoms. The lowest BCUT2D eigenvalue weighted by atomic mass is 9.44. The van der Waals surface area contributed by atoms with Gasteiger partial charge in [-0.25, -0.2) is 0 Å². The maximum Gasteiger partial charge on any atom is 0.159 e. The second kappa shape index (κ2) is 5.43. The highest BCUT2D eigenvalue weighted by Gasteiger charge is 2.71. The fourth-order valence-corrected chi connectivity index (χ4v) is 7.72. The summed E-state index contributed by atoms with van der Waals surface area (Å²) in [5.74, 6) is 1.85. The molecule has 4 aliphatic carbocycles. The third-order valence-corrected chi connectivity index (χ3v) is 8.96. The van der Waals surface area contributed by atoms with Gasteiger partial charge in [0.1, 0.15) is 0 Å². The van der Waals surface area contributed by atoms with Gasteiger partial charge >= 0.3 is 0 Å². The van der Waals surface area contributed by atoms with Crippen molar-refractivity contribution in [3.63, 3.8) is 0 Å². The van der Waals surface area contributed by atoms with Crippen LogP contribution in [0.1, 0.15) is 85.0 Å². The average Bonchev–Trinajstić information content (AvgIpc) is 3.12. The quantitative estimate of drug-likeness (QED) is 0.732. The Labute approximate surface area is 147 Å². The third kappa shape index (κ3) is 1.90. The molecule has 0 saturated heterocycles. The van der Waals surface area contributed by atoms with Gasteiger partial charge in [-0.15, -0.1) is 0 Å². The minimum atomic E-state index is 0.136. The maximum atomic E-state index is 12.8. The van der Waals surface area contributed by atoms with Crippen molar-refractivity contribution in [2.24, 2.45) is 28.1 Å². The Balaban J connectivity index is 1.82. The van der Waals surface area contributed by atoms with E-state index >= 15 is 0 Å². The molecule has 2 spiro atoms. The summed E-state index contributed by atoms with van der Waals surface area (Å²) in [6.07, 6.45) is 12.1. The molecule has 0 aromatic carbocycles. The van der Waals surface area contributed by atoms with Crippen LogP contribution in [-0.2, 0) is 4.79 Å². The molecule has 2 nitrogen and oxygen atoms in total. The molecule has 4 aliphatic rings. The van der Waals surface area contributed by atoms with Crippen LogP contribution in [0.4, 0.5) is 0 Å². The number of allylic oxidation sites excluding steroid dienone is 2. The van der Waals surface area contributed by atoms with Crippen LogP contribution in [0, 0.1) is 28.1 Å². The summed E-state index contributed by atoms with van der Waals surface area (Å²) in [5, 5.41) is 9.29. The third-order valence-electron chi connectivity index (χ3n) is 8.96. The lowest BCUT2D eigenvalue weighted by Gasteiger charge is -2.60. The molecule has 0 heterocycles. The minimum absolute atomic E-state index is 0.136. The number of aliphatic hydroxyl groups is 1. The number of carbonyl (C=O) groups excluding carboxylic acids is 1. The van der Waals surface area contributed by atoms with Crippen molar-refractivity contribution in [1.29, 1.82) is 0 Å². The van der Waals surface area contributed by atoms with Gasteiger partial charge in [-0.3, -0.25) is 4.79 Å². The van der Waals surface area contributed by atoms with Gasteiger partial charge in [0.15, 0.2) is 5.78 Å². The van der Waals surface area contributed by atoms with Crippen molar-refractivity contribution in [2.45, 2.75) is 85.0 Å². The average molecular weight is 331 g/mol. The van der Waals surface area contributed by atoms with E-state index in [1.54, 1.807) is 5.57 Å². The van der Waals surface area contributed by atoms with Gasteiger partial charge in [0.2, 0.25) is 0 Å². The zero-order valence-corrected chi connectivity index (χ0v) is 15.8. The van der Waals surface area contributed by atoms with Gasteiger partial charge in [0.05, 0.1) is 0 Å². The Morgan fingerprint density at radius 1 is 1.17 bits per heavy atom. The number of fused-ring (bicyclic) bond motifs is 1. The SMILES string of the molecule is CC1=C2C[C@H]3CC4(CCCC4)[C@@H](CCCCO)[C@]2(CC1=O)C3(C)C. The summed E-state index contributed by atoms with van der Waals surface area (Å²) in [6, 6.07) is 0. The molecular formula is C22H34O2. The highest BCUT2D eigenvalue weighted by Crippen LogP contribution is 2.78. The van der Waals surface area contributed by atoms with E-state index in [-0.39, 0.29) is 10.8 Å². The highest BCUT2D eigenvalue weighted by atomic mass is 16.2. The van der Waals surface area contributed by atoms with Crippen LogP contribution in [0.5, 0.6) is 0 Å². The number of rotatable bonds is 4. The standard InChI is InChI=1S/C22H34O2/c1-15-17-12-16-13-21(9-5-6-10-21)19(8-4-7-11-23)22(17,14-18(15)24)20(16,2)3/h16,19,23H,4-14H2,1-3H3/t16-,19+,22+/m0/s1. The van der Waals surface area contributed by atoms with Crippen LogP contribution in [0.3, 0.4) is 0 Å². The second-order valence-corrected chi connectivity index (χ2v) is 9.84. The predicted octanol–water partition coefficient (Wildman–Crippen LogP) is 5.05. The normalized spacial score (nSPS) is 39.1. The Kier molecular flexibility index (Phi) is 3.81. The van der Waals surface area contributed by atoms with Gasteiger partial charge in [-0.2, -0.15) is 0 Å². The molecule has 4 rings (SSSR count). The van der Waals surface area contributed by atoms with E-state index in [9.17, 15) is 9.90 Å². The van der Waals surface area contributed by atoms with Crippen molar-refractivity contribution in [3.8, 4) is 0 Å². The second-order valence-electron chi connectivity index (χ2n) is 9.84. The van der Waals surface area contributed by atoms with E-state index in [4.69, 9.17) is 0 Å². The molecule has 0 aliphatic heterocycles. The van der Waals surface area contributed by atoms with E-state index in [1.165, 1.54) is 44.9 Å². The van der Waals surface area contributed by atoms with Crippen LogP contribution >= 0.6 is 0 Å². The predicted molar refractivity (Wildman–Crippen MR) is 96.6 cm³/mol. The first-order chi connectivity index (χ1) is 11.4. The largest absolute Gasteiger partial charge is 0.396 e. The van der Waals surface area contributed by atoms with Gasteiger partial charge < -0.3 is 5.11 Å². The lowest BCUT2D eigenvalue weighted by molar-refractivity contribution is -0.130. The first-order valence-corrected chi connectivity index (χ1v) is 10.2. The van der Waals surface area contributed by atoms with E-state index in [2.05, 4.69) is 20.8 Å². The van der Waals surface area contributed by atoms with Crippen LogP contribution in [0.15, 0.2) is 11.1 Å². The number of hydrogen-bond acceptors (Lipinski definition) is 2. The van der Waals surface area contributed by atoms with E-state index < -0.39 is 0 Å². The molecule has 134 valence electrons. The smallest absolute Gasteiger partial charge is 0.159 e. The fourth-order valence-electron chi connectivity index (χ4n) is 7.72. The number of hydrogen-bond donors (Lipinski definition) is 1. The van der Waals surface area contributed by atoms with E-state index in [1.807, 2.05) is 0 Å². The Bertz CT molecular complexity index is 579. The van der Waals surface area contributed by atoms with E-state index in [0.717, 1.165) is 30.8 Å². The van der Waals surface area contributed by atoms with Gasteiger partial charge in [0, 0.05) is 18.4 Å². The van der Waals surface area contributed by atoms with Crippen molar-refractivity contribution < 1.29 is 9.90 Å². The first-order valence-electron chi connectivity index (χ1n) is 10.2. The highest BCUT2D eigenvalue weighted by molar-refractivity contribution is 6.00. The molecule has 0 aromatic rings. The summed E-state index contributed by atoms with van der Waals surface area (Å²) >= 11 is 0. The Hall–Kier alpha value is -0.630. The first kappa shape index (κ1) is 16.8. The van der Waals surface area contributed by atoms with Crippen LogP contribution < -0.4 is 0 Å². The molecule has 2 heteroatoms. The molecule has 24 heavy (non-hydrogen) atoms. The van der Waals surface area contributed by atoms with Crippen LogP contribution in [0.25, 0.3) is 0 Å². The lowest BCUT2D eigenvalue weighted by Crippen LogP contribution is -2.54. The van der Waals surface area contributed by atoms with Crippen molar-refractivity contribution in [1.82, 2.24) is 0 Å². The fraction of sp³-hybridized carbons (Fsp3) is 0.864.